The second-order valence-corrected chi connectivity index (χ2v) is 3.92. The maximum absolute atomic E-state index is 5.38. The molecule has 0 aliphatic carbocycles. The standard InChI is InChI=1S/C12H18N2O.2ClH/c1-10-9-13-7-8-14(10)11-5-3-4-6-12(11)15-2;;/h3-6,10,13H,7-9H2,1-2H3;2*1H. The van der Waals surface area contributed by atoms with Gasteiger partial charge in [0.05, 0.1) is 12.8 Å². The van der Waals surface area contributed by atoms with Crippen molar-refractivity contribution in [1.29, 1.82) is 0 Å². The topological polar surface area (TPSA) is 24.5 Å². The molecule has 1 unspecified atom stereocenters. The van der Waals surface area contributed by atoms with Gasteiger partial charge in [-0.2, -0.15) is 0 Å². The molecule has 0 spiro atoms. The molecule has 2 rings (SSSR count). The summed E-state index contributed by atoms with van der Waals surface area (Å²) in [6, 6.07) is 8.74. The fourth-order valence-corrected chi connectivity index (χ4v) is 2.07. The van der Waals surface area contributed by atoms with Gasteiger partial charge in [0.2, 0.25) is 0 Å². The van der Waals surface area contributed by atoms with Crippen molar-refractivity contribution in [1.82, 2.24) is 5.32 Å². The third-order valence-electron chi connectivity index (χ3n) is 2.90. The van der Waals surface area contributed by atoms with Gasteiger partial charge in [0.1, 0.15) is 5.75 Å². The van der Waals surface area contributed by atoms with Crippen molar-refractivity contribution in [2.45, 2.75) is 13.0 Å². The van der Waals surface area contributed by atoms with E-state index in [0.717, 1.165) is 25.4 Å². The van der Waals surface area contributed by atoms with Crippen molar-refractivity contribution in [3.8, 4) is 5.75 Å². The number of piperazine rings is 1. The largest absolute Gasteiger partial charge is 0.495 e. The zero-order valence-corrected chi connectivity index (χ0v) is 11.8. The van der Waals surface area contributed by atoms with E-state index in [2.05, 4.69) is 29.3 Å². The molecule has 3 nitrogen and oxygen atoms in total. The van der Waals surface area contributed by atoms with Gasteiger partial charge in [-0.1, -0.05) is 12.1 Å². The Hall–Kier alpha value is -0.640. The van der Waals surface area contributed by atoms with Gasteiger partial charge < -0.3 is 15.0 Å². The molecular formula is C12H20Cl2N2O. The Morgan fingerprint density at radius 2 is 2.00 bits per heavy atom. The van der Waals surface area contributed by atoms with Crippen LogP contribution in [0.25, 0.3) is 0 Å². The normalized spacial score (nSPS) is 18.9. The minimum Gasteiger partial charge on any atom is -0.495 e. The molecule has 0 aromatic heterocycles. The quantitative estimate of drug-likeness (QED) is 0.899. The minimum absolute atomic E-state index is 0. The van der Waals surface area contributed by atoms with E-state index < -0.39 is 0 Å². The second-order valence-electron chi connectivity index (χ2n) is 3.92. The van der Waals surface area contributed by atoms with Crippen LogP contribution in [0, 0.1) is 0 Å². The highest BCUT2D eigenvalue weighted by Crippen LogP contribution is 2.29. The van der Waals surface area contributed by atoms with Crippen molar-refractivity contribution in [2.24, 2.45) is 0 Å². The molecule has 17 heavy (non-hydrogen) atoms. The molecule has 1 aliphatic heterocycles. The number of nitrogens with one attached hydrogen (secondary N) is 1. The zero-order valence-electron chi connectivity index (χ0n) is 10.2. The van der Waals surface area contributed by atoms with Crippen molar-refractivity contribution in [3.63, 3.8) is 0 Å². The molecule has 0 amide bonds. The Bertz CT molecular complexity index is 336. The number of halogens is 2. The van der Waals surface area contributed by atoms with E-state index in [9.17, 15) is 0 Å². The number of para-hydroxylation sites is 2. The summed E-state index contributed by atoms with van der Waals surface area (Å²) >= 11 is 0. The van der Waals surface area contributed by atoms with E-state index in [1.54, 1.807) is 7.11 Å². The number of hydrogen-bond donors (Lipinski definition) is 1. The Kier molecular flexibility index (Phi) is 7.35. The fourth-order valence-electron chi connectivity index (χ4n) is 2.07. The van der Waals surface area contributed by atoms with E-state index in [0.29, 0.717) is 6.04 Å². The summed E-state index contributed by atoms with van der Waals surface area (Å²) in [6.45, 7) is 5.36. The second kappa shape index (κ2) is 7.64. The van der Waals surface area contributed by atoms with Crippen LogP contribution < -0.4 is 15.0 Å². The number of methoxy groups -OCH3 is 1. The summed E-state index contributed by atoms with van der Waals surface area (Å²) in [5, 5.41) is 3.39. The summed E-state index contributed by atoms with van der Waals surface area (Å²) < 4.78 is 5.38. The smallest absolute Gasteiger partial charge is 0.142 e. The van der Waals surface area contributed by atoms with Crippen LogP contribution in [0.1, 0.15) is 6.92 Å². The third kappa shape index (κ3) is 3.66. The van der Waals surface area contributed by atoms with E-state index >= 15 is 0 Å². The fraction of sp³-hybridized carbons (Fsp3) is 0.500. The van der Waals surface area contributed by atoms with E-state index in [4.69, 9.17) is 4.74 Å². The maximum Gasteiger partial charge on any atom is 0.142 e. The molecule has 1 saturated heterocycles. The highest BCUT2D eigenvalue weighted by atomic mass is 35.5. The lowest BCUT2D eigenvalue weighted by molar-refractivity contribution is 0.409. The molecule has 1 aliphatic rings. The zero-order chi connectivity index (χ0) is 10.7. The van der Waals surface area contributed by atoms with Gasteiger partial charge in [0.15, 0.2) is 0 Å². The van der Waals surface area contributed by atoms with Crippen LogP contribution >= 0.6 is 24.8 Å². The molecular weight excluding hydrogens is 259 g/mol. The van der Waals surface area contributed by atoms with Crippen LogP contribution in [0.2, 0.25) is 0 Å². The Morgan fingerprint density at radius 3 is 2.65 bits per heavy atom. The molecule has 1 atom stereocenters. The number of rotatable bonds is 2. The molecule has 1 aromatic rings. The Balaban J connectivity index is 0.00000128. The number of anilines is 1. The van der Waals surface area contributed by atoms with Gasteiger partial charge in [-0.25, -0.2) is 0 Å². The van der Waals surface area contributed by atoms with E-state index in [-0.39, 0.29) is 24.8 Å². The molecule has 0 radical (unpaired) electrons. The first kappa shape index (κ1) is 16.4. The number of benzene rings is 1. The predicted octanol–water partition coefficient (Wildman–Crippen LogP) is 2.34. The van der Waals surface area contributed by atoms with Gasteiger partial charge in [0, 0.05) is 25.7 Å². The minimum atomic E-state index is 0. The van der Waals surface area contributed by atoms with E-state index in [1.807, 2.05) is 12.1 Å². The first-order valence-electron chi connectivity index (χ1n) is 5.43. The van der Waals surface area contributed by atoms with Gasteiger partial charge in [-0.3, -0.25) is 0 Å². The molecule has 0 bridgehead atoms. The number of hydrogen-bond acceptors (Lipinski definition) is 3. The summed E-state index contributed by atoms with van der Waals surface area (Å²) in [7, 11) is 1.73. The lowest BCUT2D eigenvalue weighted by atomic mass is 10.1. The lowest BCUT2D eigenvalue weighted by Gasteiger charge is -2.36. The molecule has 98 valence electrons. The highest BCUT2D eigenvalue weighted by Gasteiger charge is 2.20. The summed E-state index contributed by atoms with van der Waals surface area (Å²) in [5.74, 6) is 0.964. The van der Waals surface area contributed by atoms with Crippen LogP contribution in [-0.2, 0) is 0 Å². The summed E-state index contributed by atoms with van der Waals surface area (Å²) in [4.78, 5) is 2.40. The molecule has 5 heteroatoms. The molecule has 1 heterocycles. The molecule has 1 fully saturated rings. The summed E-state index contributed by atoms with van der Waals surface area (Å²) in [5.41, 5.74) is 1.20. The first-order chi connectivity index (χ1) is 7.33. The number of nitrogens with zero attached hydrogens (tertiary/aromatic N) is 1. The van der Waals surface area contributed by atoms with Crippen molar-refractivity contribution in [2.75, 3.05) is 31.6 Å². The Labute approximate surface area is 115 Å². The first-order valence-corrected chi connectivity index (χ1v) is 5.43. The Morgan fingerprint density at radius 1 is 1.29 bits per heavy atom. The predicted molar refractivity (Wildman–Crippen MR) is 77.2 cm³/mol. The van der Waals surface area contributed by atoms with Gasteiger partial charge in [0.25, 0.3) is 0 Å². The lowest BCUT2D eigenvalue weighted by Crippen LogP contribution is -2.50. The van der Waals surface area contributed by atoms with Crippen molar-refractivity contribution < 1.29 is 4.74 Å². The molecule has 1 aromatic carbocycles. The van der Waals surface area contributed by atoms with Gasteiger partial charge in [-0.05, 0) is 19.1 Å². The highest BCUT2D eigenvalue weighted by molar-refractivity contribution is 5.85. The maximum atomic E-state index is 5.38. The van der Waals surface area contributed by atoms with E-state index in [1.165, 1.54) is 5.69 Å². The van der Waals surface area contributed by atoms with Gasteiger partial charge >= 0.3 is 0 Å². The summed E-state index contributed by atoms with van der Waals surface area (Å²) in [6.07, 6.45) is 0. The monoisotopic (exact) mass is 278 g/mol. The van der Waals surface area contributed by atoms with Crippen LogP contribution in [0.4, 0.5) is 5.69 Å². The van der Waals surface area contributed by atoms with Crippen molar-refractivity contribution in [3.05, 3.63) is 24.3 Å². The van der Waals surface area contributed by atoms with Crippen LogP contribution in [-0.4, -0.2) is 32.8 Å². The molecule has 0 saturated carbocycles. The SMILES string of the molecule is COc1ccccc1N1CCNCC1C.Cl.Cl. The van der Waals surface area contributed by atoms with Crippen LogP contribution in [0.15, 0.2) is 24.3 Å². The van der Waals surface area contributed by atoms with Gasteiger partial charge in [-0.15, -0.1) is 24.8 Å². The third-order valence-corrected chi connectivity index (χ3v) is 2.90. The average molecular weight is 279 g/mol. The van der Waals surface area contributed by atoms with Crippen molar-refractivity contribution >= 4 is 30.5 Å². The van der Waals surface area contributed by atoms with Crippen LogP contribution in [0.3, 0.4) is 0 Å². The number of ether oxygens (including phenoxy) is 1. The van der Waals surface area contributed by atoms with Crippen LogP contribution in [0.5, 0.6) is 5.75 Å². The average Bonchev–Trinajstić information content (AvgIpc) is 2.30. The molecule has 1 N–H and O–H groups in total.